The number of oxazole rings is 1. The number of rotatable bonds is 4. The second-order valence-corrected chi connectivity index (χ2v) is 7.17. The van der Waals surface area contributed by atoms with Crippen LogP contribution < -0.4 is 4.74 Å². The molecule has 0 fully saturated rings. The molecule has 30 heavy (non-hydrogen) atoms. The molecule has 0 aliphatic carbocycles. The van der Waals surface area contributed by atoms with Gasteiger partial charge < -0.3 is 9.15 Å². The fourth-order valence-electron chi connectivity index (χ4n) is 3.17. The van der Waals surface area contributed by atoms with Gasteiger partial charge in [-0.2, -0.15) is 23.3 Å². The summed E-state index contributed by atoms with van der Waals surface area (Å²) < 4.78 is 53.2. The van der Waals surface area contributed by atoms with Crippen LogP contribution in [0.4, 0.5) is 13.2 Å². The number of fused-ring (bicyclic) bond motifs is 1. The lowest BCUT2D eigenvalue weighted by Gasteiger charge is -2.11. The van der Waals surface area contributed by atoms with Gasteiger partial charge in [-0.1, -0.05) is 17.7 Å². The van der Waals surface area contributed by atoms with Crippen molar-refractivity contribution >= 4 is 22.6 Å². The van der Waals surface area contributed by atoms with Crippen LogP contribution in [-0.2, 0) is 19.8 Å². The van der Waals surface area contributed by atoms with Gasteiger partial charge in [0.05, 0.1) is 16.6 Å². The molecule has 0 aliphatic heterocycles. The summed E-state index contributed by atoms with van der Waals surface area (Å²) in [6, 6.07) is 7.86. The van der Waals surface area contributed by atoms with Crippen molar-refractivity contribution in [1.29, 1.82) is 0 Å². The minimum atomic E-state index is -4.57. The Hall–Kier alpha value is -3.07. The fraction of sp³-hybridized carbons (Fsp3) is 0.250. The van der Waals surface area contributed by atoms with Crippen molar-refractivity contribution in [2.45, 2.75) is 26.6 Å². The molecule has 3 aromatic heterocycles. The van der Waals surface area contributed by atoms with E-state index in [1.807, 2.05) is 0 Å². The first-order valence-electron chi connectivity index (χ1n) is 8.90. The summed E-state index contributed by atoms with van der Waals surface area (Å²) in [7, 11) is 1.53. The summed E-state index contributed by atoms with van der Waals surface area (Å²) in [5.41, 5.74) is 0.624. The summed E-state index contributed by atoms with van der Waals surface area (Å²) >= 11 is 5.99. The molecule has 156 valence electrons. The molecule has 0 bridgehead atoms. The highest BCUT2D eigenvalue weighted by Gasteiger charge is 2.35. The van der Waals surface area contributed by atoms with Crippen molar-refractivity contribution in [3.8, 4) is 17.3 Å². The quantitative estimate of drug-likeness (QED) is 0.423. The maximum atomic E-state index is 13.6. The molecule has 0 atom stereocenters. The highest BCUT2D eigenvalue weighted by Crippen LogP contribution is 2.37. The summed E-state index contributed by atoms with van der Waals surface area (Å²) in [4.78, 5) is 8.57. The predicted octanol–water partition coefficient (Wildman–Crippen LogP) is 5.49. The van der Waals surface area contributed by atoms with Crippen molar-refractivity contribution in [1.82, 2.24) is 19.7 Å². The number of ether oxygens (including phenoxy) is 1. The second kappa shape index (κ2) is 7.32. The molecule has 10 heteroatoms. The van der Waals surface area contributed by atoms with E-state index in [1.54, 1.807) is 31.2 Å². The molecule has 1 aromatic carbocycles. The number of aryl methyl sites for hydroxylation is 3. The average molecular weight is 437 g/mol. The number of nitrogens with zero attached hydrogens (tertiary/aromatic N) is 4. The molecule has 0 unspecified atom stereocenters. The first kappa shape index (κ1) is 20.2. The number of benzene rings is 1. The lowest BCUT2D eigenvalue weighted by molar-refractivity contribution is -0.136. The molecular formula is C20H16ClF3N4O2. The van der Waals surface area contributed by atoms with Gasteiger partial charge in [0.1, 0.15) is 18.1 Å². The number of hydrogen-bond acceptors (Lipinski definition) is 5. The van der Waals surface area contributed by atoms with Crippen LogP contribution in [0.1, 0.15) is 22.7 Å². The van der Waals surface area contributed by atoms with Crippen LogP contribution >= 0.6 is 11.6 Å². The number of pyridine rings is 1. The summed E-state index contributed by atoms with van der Waals surface area (Å²) in [5, 5.41) is 4.53. The number of aromatic nitrogens is 4. The van der Waals surface area contributed by atoms with Gasteiger partial charge in [-0.3, -0.25) is 4.68 Å². The molecule has 6 nitrogen and oxygen atoms in total. The van der Waals surface area contributed by atoms with E-state index in [-0.39, 0.29) is 29.2 Å². The maximum Gasteiger partial charge on any atom is 0.417 e. The Morgan fingerprint density at radius 2 is 1.93 bits per heavy atom. The van der Waals surface area contributed by atoms with Crippen molar-refractivity contribution in [3.05, 3.63) is 58.1 Å². The summed E-state index contributed by atoms with van der Waals surface area (Å²) in [6.07, 6.45) is -4.57. The van der Waals surface area contributed by atoms with E-state index >= 15 is 0 Å². The second-order valence-electron chi connectivity index (χ2n) is 6.73. The summed E-state index contributed by atoms with van der Waals surface area (Å²) in [6.45, 7) is 3.10. The molecule has 0 saturated heterocycles. The number of alkyl halides is 3. The van der Waals surface area contributed by atoms with Gasteiger partial charge in [0.2, 0.25) is 11.8 Å². The number of hydrogen-bond donors (Lipinski definition) is 0. The lowest BCUT2D eigenvalue weighted by Crippen LogP contribution is -2.09. The normalized spacial score (nSPS) is 12.0. The first-order valence-corrected chi connectivity index (χ1v) is 9.28. The zero-order valence-electron chi connectivity index (χ0n) is 16.2. The Bertz CT molecular complexity index is 1250. The Morgan fingerprint density at radius 3 is 2.63 bits per heavy atom. The Morgan fingerprint density at radius 1 is 1.17 bits per heavy atom. The van der Waals surface area contributed by atoms with Crippen LogP contribution in [0.15, 0.2) is 34.7 Å². The monoisotopic (exact) mass is 436 g/mol. The van der Waals surface area contributed by atoms with E-state index in [4.69, 9.17) is 20.8 Å². The highest BCUT2D eigenvalue weighted by molar-refractivity contribution is 6.30. The van der Waals surface area contributed by atoms with Crippen LogP contribution in [0.2, 0.25) is 5.02 Å². The SMILES string of the molecule is Cc1oc(-c2cccc(Cl)c2)nc1COc1cc(C(F)(F)F)c2c(C)nn(C)c2n1. The van der Waals surface area contributed by atoms with E-state index in [1.165, 1.54) is 18.7 Å². The Labute approximate surface area is 174 Å². The van der Waals surface area contributed by atoms with Gasteiger partial charge in [-0.05, 0) is 32.0 Å². The molecule has 4 rings (SSSR count). The minimum absolute atomic E-state index is 0.0433. The third-order valence-corrected chi connectivity index (χ3v) is 4.81. The number of halogens is 4. The van der Waals surface area contributed by atoms with E-state index in [0.29, 0.717) is 27.9 Å². The van der Waals surface area contributed by atoms with E-state index < -0.39 is 11.7 Å². The van der Waals surface area contributed by atoms with Crippen LogP contribution in [0.25, 0.3) is 22.5 Å². The smallest absolute Gasteiger partial charge is 0.417 e. The molecule has 0 aliphatic rings. The van der Waals surface area contributed by atoms with Crippen LogP contribution in [0.5, 0.6) is 5.88 Å². The zero-order valence-corrected chi connectivity index (χ0v) is 17.0. The van der Waals surface area contributed by atoms with Gasteiger partial charge in [-0.15, -0.1) is 0 Å². The third kappa shape index (κ3) is 3.72. The maximum absolute atomic E-state index is 13.6. The topological polar surface area (TPSA) is 66.0 Å². The van der Waals surface area contributed by atoms with Crippen molar-refractivity contribution < 1.29 is 22.3 Å². The van der Waals surface area contributed by atoms with Crippen LogP contribution in [0.3, 0.4) is 0 Å². The predicted molar refractivity (Wildman–Crippen MR) is 104 cm³/mol. The molecule has 0 radical (unpaired) electrons. The fourth-order valence-corrected chi connectivity index (χ4v) is 3.36. The average Bonchev–Trinajstić information content (AvgIpc) is 3.18. The van der Waals surface area contributed by atoms with Crippen LogP contribution in [0, 0.1) is 13.8 Å². The van der Waals surface area contributed by atoms with Gasteiger partial charge in [0, 0.05) is 23.7 Å². The molecule has 0 saturated carbocycles. The summed E-state index contributed by atoms with van der Waals surface area (Å²) in [5.74, 6) is 0.651. The minimum Gasteiger partial charge on any atom is -0.471 e. The van der Waals surface area contributed by atoms with Gasteiger partial charge >= 0.3 is 6.18 Å². The van der Waals surface area contributed by atoms with E-state index in [9.17, 15) is 13.2 Å². The zero-order chi connectivity index (χ0) is 21.6. The first-order chi connectivity index (χ1) is 14.1. The molecule has 4 aromatic rings. The third-order valence-electron chi connectivity index (χ3n) is 4.57. The molecule has 0 N–H and O–H groups in total. The lowest BCUT2D eigenvalue weighted by atomic mass is 10.1. The molecule has 3 heterocycles. The standard InChI is InChI=1S/C20H16ClF3N4O2/c1-10-17-14(20(22,23)24)8-16(26-18(17)28(3)27-10)29-9-15-11(2)30-19(25-15)12-5-4-6-13(21)7-12/h4-8H,9H2,1-3H3. The van der Waals surface area contributed by atoms with Crippen molar-refractivity contribution in [3.63, 3.8) is 0 Å². The molecular weight excluding hydrogens is 421 g/mol. The highest BCUT2D eigenvalue weighted by atomic mass is 35.5. The van der Waals surface area contributed by atoms with Crippen molar-refractivity contribution in [2.75, 3.05) is 0 Å². The van der Waals surface area contributed by atoms with E-state index in [0.717, 1.165) is 6.07 Å². The van der Waals surface area contributed by atoms with Gasteiger partial charge in [-0.25, -0.2) is 4.98 Å². The van der Waals surface area contributed by atoms with E-state index in [2.05, 4.69) is 15.1 Å². The Balaban J connectivity index is 1.65. The van der Waals surface area contributed by atoms with Gasteiger partial charge in [0.25, 0.3) is 0 Å². The molecule has 0 amide bonds. The van der Waals surface area contributed by atoms with Crippen molar-refractivity contribution in [2.24, 2.45) is 7.05 Å². The van der Waals surface area contributed by atoms with Gasteiger partial charge in [0.15, 0.2) is 5.65 Å². The molecule has 0 spiro atoms. The van der Waals surface area contributed by atoms with Crippen LogP contribution in [-0.4, -0.2) is 19.7 Å². The largest absolute Gasteiger partial charge is 0.471 e. The Kier molecular flexibility index (Phi) is 4.93.